The summed E-state index contributed by atoms with van der Waals surface area (Å²) < 4.78 is 0. The highest BCUT2D eigenvalue weighted by molar-refractivity contribution is 5.92. The smallest absolute Gasteiger partial charge is 0.238 e. The number of nitrogens with one attached hydrogen (secondary N) is 1. The van der Waals surface area contributed by atoms with Gasteiger partial charge in [-0.15, -0.1) is 0 Å². The minimum atomic E-state index is 0.0471. The van der Waals surface area contributed by atoms with Crippen LogP contribution in [0.5, 0.6) is 0 Å². The Hall–Kier alpha value is -1.59. The second-order valence-corrected chi connectivity index (χ2v) is 6.15. The van der Waals surface area contributed by atoms with Crippen LogP contribution in [0.15, 0.2) is 24.3 Å². The van der Waals surface area contributed by atoms with Crippen LogP contribution < -0.4 is 11.1 Å². The minimum absolute atomic E-state index is 0.0471. The van der Waals surface area contributed by atoms with Crippen molar-refractivity contribution in [1.29, 1.82) is 0 Å². The average Bonchev–Trinajstić information content (AvgIpc) is 2.43. The van der Waals surface area contributed by atoms with E-state index in [9.17, 15) is 4.79 Å². The van der Waals surface area contributed by atoms with Crippen molar-refractivity contribution >= 4 is 17.3 Å². The number of carbonyl (C=O) groups excluding carboxylic acids is 1. The third-order valence-electron chi connectivity index (χ3n) is 3.89. The first kappa shape index (κ1) is 15.8. The van der Waals surface area contributed by atoms with Gasteiger partial charge in [-0.1, -0.05) is 0 Å². The van der Waals surface area contributed by atoms with Crippen LogP contribution in [-0.2, 0) is 4.79 Å². The molecule has 0 radical (unpaired) electrons. The lowest BCUT2D eigenvalue weighted by Crippen LogP contribution is -2.41. The van der Waals surface area contributed by atoms with Gasteiger partial charge in [0.2, 0.25) is 5.91 Å². The normalized spacial score (nSPS) is 17.1. The quantitative estimate of drug-likeness (QED) is 0.806. The van der Waals surface area contributed by atoms with E-state index < -0.39 is 0 Å². The number of nitrogens with two attached hydrogens (primary N) is 1. The SMILES string of the molecule is CN(C)CC1CCN(CC(=O)Nc2ccc(N)cc2)CC1. The van der Waals surface area contributed by atoms with Gasteiger partial charge in [-0.3, -0.25) is 9.69 Å². The molecule has 0 aliphatic carbocycles. The first-order valence-corrected chi connectivity index (χ1v) is 7.55. The fraction of sp³-hybridized carbons (Fsp3) is 0.562. The molecule has 0 bridgehead atoms. The molecule has 1 heterocycles. The van der Waals surface area contributed by atoms with Crippen molar-refractivity contribution in [1.82, 2.24) is 9.80 Å². The Balaban J connectivity index is 1.73. The molecule has 0 spiro atoms. The van der Waals surface area contributed by atoms with E-state index in [0.29, 0.717) is 12.2 Å². The molecule has 5 nitrogen and oxygen atoms in total. The van der Waals surface area contributed by atoms with Gasteiger partial charge in [-0.05, 0) is 70.2 Å². The Bertz CT molecular complexity index is 450. The average molecular weight is 290 g/mol. The summed E-state index contributed by atoms with van der Waals surface area (Å²) in [6, 6.07) is 7.25. The topological polar surface area (TPSA) is 61.6 Å². The van der Waals surface area contributed by atoms with Gasteiger partial charge < -0.3 is 16.0 Å². The predicted octanol–water partition coefficient (Wildman–Crippen LogP) is 1.48. The number of hydrogen-bond acceptors (Lipinski definition) is 4. The maximum absolute atomic E-state index is 12.0. The fourth-order valence-corrected chi connectivity index (χ4v) is 2.81. The molecule has 1 aromatic carbocycles. The number of carbonyl (C=O) groups is 1. The van der Waals surface area contributed by atoms with Crippen molar-refractivity contribution in [3.8, 4) is 0 Å². The zero-order valence-corrected chi connectivity index (χ0v) is 13.0. The second-order valence-electron chi connectivity index (χ2n) is 6.15. The van der Waals surface area contributed by atoms with Crippen molar-refractivity contribution in [2.24, 2.45) is 5.92 Å². The second kappa shape index (κ2) is 7.43. The van der Waals surface area contributed by atoms with Crippen LogP contribution in [0.2, 0.25) is 0 Å². The molecular weight excluding hydrogens is 264 g/mol. The number of likely N-dealkylation sites (tertiary alicyclic amines) is 1. The number of amides is 1. The van der Waals surface area contributed by atoms with Gasteiger partial charge in [0, 0.05) is 17.9 Å². The number of nitrogen functional groups attached to an aromatic ring is 1. The molecule has 0 atom stereocenters. The number of piperidine rings is 1. The van der Waals surface area contributed by atoms with Crippen molar-refractivity contribution in [3.05, 3.63) is 24.3 Å². The van der Waals surface area contributed by atoms with E-state index >= 15 is 0 Å². The third kappa shape index (κ3) is 5.36. The Labute approximate surface area is 127 Å². The first-order valence-electron chi connectivity index (χ1n) is 7.55. The van der Waals surface area contributed by atoms with Crippen LogP contribution in [0, 0.1) is 5.92 Å². The maximum Gasteiger partial charge on any atom is 0.238 e. The molecule has 2 rings (SSSR count). The molecule has 0 unspecified atom stereocenters. The molecule has 3 N–H and O–H groups in total. The van der Waals surface area contributed by atoms with Gasteiger partial charge in [0.15, 0.2) is 0 Å². The lowest BCUT2D eigenvalue weighted by molar-refractivity contribution is -0.117. The van der Waals surface area contributed by atoms with E-state index in [0.717, 1.165) is 31.2 Å². The lowest BCUT2D eigenvalue weighted by atomic mass is 9.96. The summed E-state index contributed by atoms with van der Waals surface area (Å²) >= 11 is 0. The molecule has 1 saturated heterocycles. The van der Waals surface area contributed by atoms with Crippen molar-refractivity contribution in [3.63, 3.8) is 0 Å². The summed E-state index contributed by atoms with van der Waals surface area (Å²) in [5.74, 6) is 0.808. The van der Waals surface area contributed by atoms with Crippen LogP contribution in [0.4, 0.5) is 11.4 Å². The zero-order valence-electron chi connectivity index (χ0n) is 13.0. The maximum atomic E-state index is 12.0. The Morgan fingerprint density at radius 2 is 1.90 bits per heavy atom. The Morgan fingerprint density at radius 3 is 2.48 bits per heavy atom. The summed E-state index contributed by atoms with van der Waals surface area (Å²) in [7, 11) is 4.23. The van der Waals surface area contributed by atoms with Gasteiger partial charge in [-0.2, -0.15) is 0 Å². The summed E-state index contributed by atoms with van der Waals surface area (Å²) in [6.45, 7) is 3.63. The van der Waals surface area contributed by atoms with E-state index in [-0.39, 0.29) is 5.91 Å². The van der Waals surface area contributed by atoms with E-state index in [1.807, 2.05) is 12.1 Å². The summed E-state index contributed by atoms with van der Waals surface area (Å²) in [5, 5.41) is 2.92. The Kier molecular flexibility index (Phi) is 5.59. The number of hydrogen-bond donors (Lipinski definition) is 2. The molecule has 1 aromatic rings. The van der Waals surface area contributed by atoms with Crippen molar-refractivity contribution in [2.75, 3.05) is 51.3 Å². The molecule has 1 aliphatic rings. The highest BCUT2D eigenvalue weighted by Crippen LogP contribution is 2.17. The van der Waals surface area contributed by atoms with Crippen LogP contribution in [0.25, 0.3) is 0 Å². The monoisotopic (exact) mass is 290 g/mol. The van der Waals surface area contributed by atoms with Gasteiger partial charge >= 0.3 is 0 Å². The van der Waals surface area contributed by atoms with Crippen LogP contribution in [0.1, 0.15) is 12.8 Å². The molecule has 1 aliphatic heterocycles. The van der Waals surface area contributed by atoms with E-state index in [1.165, 1.54) is 12.8 Å². The fourth-order valence-electron chi connectivity index (χ4n) is 2.81. The highest BCUT2D eigenvalue weighted by atomic mass is 16.2. The molecule has 5 heteroatoms. The molecule has 1 amide bonds. The predicted molar refractivity (Wildman–Crippen MR) is 87.2 cm³/mol. The van der Waals surface area contributed by atoms with E-state index in [1.54, 1.807) is 12.1 Å². The lowest BCUT2D eigenvalue weighted by Gasteiger charge is -2.32. The summed E-state index contributed by atoms with van der Waals surface area (Å²) in [6.07, 6.45) is 2.35. The number of nitrogens with zero attached hydrogens (tertiary/aromatic N) is 2. The van der Waals surface area contributed by atoms with E-state index in [2.05, 4.69) is 29.2 Å². The summed E-state index contributed by atoms with van der Waals surface area (Å²) in [5.41, 5.74) is 7.14. The standard InChI is InChI=1S/C16H26N4O/c1-19(2)11-13-7-9-20(10-8-13)12-16(21)18-15-5-3-14(17)4-6-15/h3-6,13H,7-12,17H2,1-2H3,(H,18,21). The van der Waals surface area contributed by atoms with E-state index in [4.69, 9.17) is 5.73 Å². The molecule has 1 fully saturated rings. The van der Waals surface area contributed by atoms with Gasteiger partial charge in [0.05, 0.1) is 6.54 Å². The zero-order chi connectivity index (χ0) is 15.2. The number of benzene rings is 1. The van der Waals surface area contributed by atoms with Gasteiger partial charge in [0.1, 0.15) is 0 Å². The van der Waals surface area contributed by atoms with Gasteiger partial charge in [-0.25, -0.2) is 0 Å². The minimum Gasteiger partial charge on any atom is -0.399 e. The van der Waals surface area contributed by atoms with Gasteiger partial charge in [0.25, 0.3) is 0 Å². The summed E-state index contributed by atoms with van der Waals surface area (Å²) in [4.78, 5) is 16.5. The largest absolute Gasteiger partial charge is 0.399 e. The van der Waals surface area contributed by atoms with Crippen LogP contribution in [0.3, 0.4) is 0 Å². The number of anilines is 2. The van der Waals surface area contributed by atoms with Crippen molar-refractivity contribution in [2.45, 2.75) is 12.8 Å². The molecule has 0 aromatic heterocycles. The third-order valence-corrected chi connectivity index (χ3v) is 3.89. The first-order chi connectivity index (χ1) is 10.0. The highest BCUT2D eigenvalue weighted by Gasteiger charge is 2.21. The van der Waals surface area contributed by atoms with Crippen LogP contribution >= 0.6 is 0 Å². The molecule has 0 saturated carbocycles. The number of rotatable bonds is 5. The van der Waals surface area contributed by atoms with Crippen LogP contribution in [-0.4, -0.2) is 56.0 Å². The molecule has 116 valence electrons. The molecule has 21 heavy (non-hydrogen) atoms. The molecular formula is C16H26N4O. The Morgan fingerprint density at radius 1 is 1.29 bits per heavy atom. The van der Waals surface area contributed by atoms with Crippen molar-refractivity contribution < 1.29 is 4.79 Å².